The van der Waals surface area contributed by atoms with Gasteiger partial charge in [-0.15, -0.1) is 0 Å². The summed E-state index contributed by atoms with van der Waals surface area (Å²) in [5, 5.41) is 4.17. The number of benzene rings is 2. The molecule has 0 unspecified atom stereocenters. The molecule has 0 aliphatic rings. The van der Waals surface area contributed by atoms with E-state index in [0.29, 0.717) is 10.6 Å². The highest BCUT2D eigenvalue weighted by molar-refractivity contribution is 9.10. The lowest BCUT2D eigenvalue weighted by Crippen LogP contribution is -2.33. The van der Waals surface area contributed by atoms with Gasteiger partial charge in [0.2, 0.25) is 0 Å². The van der Waals surface area contributed by atoms with Gasteiger partial charge in [-0.3, -0.25) is 9.89 Å². The molecule has 0 spiro atoms. The summed E-state index contributed by atoms with van der Waals surface area (Å²) in [6, 6.07) is 11.6. The van der Waals surface area contributed by atoms with Crippen molar-refractivity contribution in [1.29, 1.82) is 0 Å². The number of H-pyrrole nitrogens is 1. The van der Waals surface area contributed by atoms with Crippen LogP contribution in [0.2, 0.25) is 0 Å². The second-order valence-electron chi connectivity index (χ2n) is 5.95. The lowest BCUT2D eigenvalue weighted by molar-refractivity contribution is 0.412. The molecule has 0 fully saturated rings. The average molecular weight is 399 g/mol. The monoisotopic (exact) mass is 398 g/mol. The fourth-order valence-electron chi connectivity index (χ4n) is 2.63. The van der Waals surface area contributed by atoms with Crippen molar-refractivity contribution in [3.05, 3.63) is 78.5 Å². The Labute approximate surface area is 154 Å². The number of hydrogen-bond acceptors (Lipinski definition) is 2. The van der Waals surface area contributed by atoms with Gasteiger partial charge in [0.1, 0.15) is 5.75 Å². The molecule has 1 heterocycles. The van der Waals surface area contributed by atoms with Crippen LogP contribution in [0.3, 0.4) is 0 Å². The summed E-state index contributed by atoms with van der Waals surface area (Å²) < 4.78 is 7.59. The molecule has 5 heteroatoms. The van der Waals surface area contributed by atoms with Crippen molar-refractivity contribution in [2.45, 2.75) is 13.8 Å². The number of aryl methyl sites for hydroxylation is 2. The standard InChI is InChI=1S/C20H19BrN2O2/c1-12-5-7-16(9-13(12)2)23-20(24)17(14(3)22-23)10-15-6-8-19(25-4)18(21)11-15/h5-11,22H,3H2,1-2,4H3/b17-10+. The third kappa shape index (κ3) is 3.33. The van der Waals surface area contributed by atoms with Crippen LogP contribution in [0.4, 0.5) is 0 Å². The number of hydrogen-bond donors (Lipinski definition) is 1. The molecule has 2 aromatic carbocycles. The van der Waals surface area contributed by atoms with Gasteiger partial charge in [-0.05, 0) is 76.8 Å². The number of ether oxygens (including phenoxy) is 1. The molecular formula is C20H19BrN2O2. The van der Waals surface area contributed by atoms with Gasteiger partial charge in [0, 0.05) is 0 Å². The van der Waals surface area contributed by atoms with E-state index in [-0.39, 0.29) is 5.56 Å². The SMILES string of the molecule is C=c1[nH]n(-c2ccc(C)c(C)c2)c(=O)/c1=C/c1ccc(OC)c(Br)c1. The first-order valence-corrected chi connectivity index (χ1v) is 8.63. The van der Waals surface area contributed by atoms with Crippen molar-refractivity contribution >= 4 is 28.6 Å². The first kappa shape index (κ1) is 17.3. The molecule has 3 aromatic rings. The molecular weight excluding hydrogens is 380 g/mol. The Morgan fingerprint density at radius 1 is 1.16 bits per heavy atom. The van der Waals surface area contributed by atoms with Crippen LogP contribution >= 0.6 is 15.9 Å². The summed E-state index contributed by atoms with van der Waals surface area (Å²) in [6.07, 6.45) is 1.82. The van der Waals surface area contributed by atoms with Gasteiger partial charge in [-0.2, -0.15) is 0 Å². The van der Waals surface area contributed by atoms with Crippen molar-refractivity contribution in [2.75, 3.05) is 7.11 Å². The van der Waals surface area contributed by atoms with Crippen molar-refractivity contribution in [2.24, 2.45) is 0 Å². The summed E-state index contributed by atoms with van der Waals surface area (Å²) in [6.45, 7) is 8.05. The maximum atomic E-state index is 12.8. The molecule has 0 atom stereocenters. The Kier molecular flexibility index (Phi) is 4.68. The van der Waals surface area contributed by atoms with Crippen LogP contribution in [0.1, 0.15) is 16.7 Å². The third-order valence-corrected chi connectivity index (χ3v) is 4.86. The fraction of sp³-hybridized carbons (Fsp3) is 0.150. The van der Waals surface area contributed by atoms with Gasteiger partial charge in [0.05, 0.1) is 27.8 Å². The maximum Gasteiger partial charge on any atom is 0.279 e. The fourth-order valence-corrected chi connectivity index (χ4v) is 3.19. The van der Waals surface area contributed by atoms with E-state index in [0.717, 1.165) is 27.0 Å². The highest BCUT2D eigenvalue weighted by Gasteiger charge is 2.07. The molecule has 0 radical (unpaired) electrons. The highest BCUT2D eigenvalue weighted by atomic mass is 79.9. The molecule has 0 saturated heterocycles. The van der Waals surface area contributed by atoms with Crippen LogP contribution in [0.5, 0.6) is 5.75 Å². The van der Waals surface area contributed by atoms with Gasteiger partial charge < -0.3 is 4.74 Å². The van der Waals surface area contributed by atoms with Crippen molar-refractivity contribution in [3.63, 3.8) is 0 Å². The van der Waals surface area contributed by atoms with E-state index in [4.69, 9.17) is 4.74 Å². The second kappa shape index (κ2) is 6.76. The zero-order chi connectivity index (χ0) is 18.1. The lowest BCUT2D eigenvalue weighted by Gasteiger charge is -2.05. The molecule has 0 saturated carbocycles. The van der Waals surface area contributed by atoms with Gasteiger partial charge in [-0.25, -0.2) is 4.68 Å². The highest BCUT2D eigenvalue weighted by Crippen LogP contribution is 2.25. The minimum atomic E-state index is -0.125. The van der Waals surface area contributed by atoms with E-state index in [2.05, 4.69) is 27.6 Å². The van der Waals surface area contributed by atoms with Gasteiger partial charge in [0.15, 0.2) is 0 Å². The summed E-state index contributed by atoms with van der Waals surface area (Å²) in [5.41, 5.74) is 3.89. The zero-order valence-corrected chi connectivity index (χ0v) is 16.0. The van der Waals surface area contributed by atoms with Crippen LogP contribution in [0, 0.1) is 13.8 Å². The predicted molar refractivity (Wildman–Crippen MR) is 105 cm³/mol. The Morgan fingerprint density at radius 2 is 1.92 bits per heavy atom. The summed E-state index contributed by atoms with van der Waals surface area (Å²) in [5.74, 6) is 0.744. The molecule has 25 heavy (non-hydrogen) atoms. The van der Waals surface area contributed by atoms with Crippen LogP contribution in [-0.4, -0.2) is 16.9 Å². The smallest absolute Gasteiger partial charge is 0.279 e. The maximum absolute atomic E-state index is 12.8. The van der Waals surface area contributed by atoms with E-state index >= 15 is 0 Å². The number of aromatic amines is 1. The van der Waals surface area contributed by atoms with E-state index in [1.54, 1.807) is 7.11 Å². The van der Waals surface area contributed by atoms with Gasteiger partial charge in [-0.1, -0.05) is 18.7 Å². The van der Waals surface area contributed by atoms with E-state index in [1.165, 1.54) is 10.2 Å². The number of rotatable bonds is 3. The van der Waals surface area contributed by atoms with Crippen LogP contribution < -0.4 is 20.9 Å². The average Bonchev–Trinajstić information content (AvgIpc) is 2.86. The summed E-state index contributed by atoms with van der Waals surface area (Å²) in [4.78, 5) is 12.8. The number of nitrogens with one attached hydrogen (secondary N) is 1. The van der Waals surface area contributed by atoms with Crippen LogP contribution in [0.25, 0.3) is 18.3 Å². The Hall–Kier alpha value is -2.53. The molecule has 0 bridgehead atoms. The normalized spacial score (nSPS) is 11.8. The first-order valence-electron chi connectivity index (χ1n) is 7.83. The summed E-state index contributed by atoms with van der Waals surface area (Å²) >= 11 is 3.46. The molecule has 1 aromatic heterocycles. The Bertz CT molecular complexity index is 1110. The first-order chi connectivity index (χ1) is 11.9. The number of aromatic nitrogens is 2. The molecule has 1 N–H and O–H groups in total. The molecule has 128 valence electrons. The Balaban J connectivity index is 2.14. The van der Waals surface area contributed by atoms with E-state index in [9.17, 15) is 4.79 Å². The predicted octanol–water partition coefficient (Wildman–Crippen LogP) is 2.79. The zero-order valence-electron chi connectivity index (χ0n) is 14.4. The molecule has 0 aliphatic heterocycles. The Morgan fingerprint density at radius 3 is 2.56 bits per heavy atom. The summed E-state index contributed by atoms with van der Waals surface area (Å²) in [7, 11) is 1.62. The van der Waals surface area contributed by atoms with Crippen molar-refractivity contribution < 1.29 is 4.74 Å². The number of halogens is 1. The molecule has 0 aliphatic carbocycles. The topological polar surface area (TPSA) is 47.0 Å². The van der Waals surface area contributed by atoms with Crippen LogP contribution in [0.15, 0.2) is 45.7 Å². The van der Waals surface area contributed by atoms with Gasteiger partial charge in [0.25, 0.3) is 5.56 Å². The van der Waals surface area contributed by atoms with E-state index in [1.807, 2.05) is 56.3 Å². The van der Waals surface area contributed by atoms with Crippen LogP contribution in [-0.2, 0) is 0 Å². The quantitative estimate of drug-likeness (QED) is 0.737. The van der Waals surface area contributed by atoms with Crippen molar-refractivity contribution in [1.82, 2.24) is 9.78 Å². The second-order valence-corrected chi connectivity index (χ2v) is 6.81. The lowest BCUT2D eigenvalue weighted by atomic mass is 10.1. The molecule has 3 rings (SSSR count). The largest absolute Gasteiger partial charge is 0.496 e. The van der Waals surface area contributed by atoms with Gasteiger partial charge >= 0.3 is 0 Å². The molecule has 4 nitrogen and oxygen atoms in total. The molecule has 0 amide bonds. The van der Waals surface area contributed by atoms with Crippen molar-refractivity contribution in [3.8, 4) is 11.4 Å². The minimum absolute atomic E-state index is 0.125. The third-order valence-electron chi connectivity index (χ3n) is 4.24. The minimum Gasteiger partial charge on any atom is -0.496 e. The number of methoxy groups -OCH3 is 1. The van der Waals surface area contributed by atoms with E-state index < -0.39 is 0 Å². The number of nitrogens with zero attached hydrogens (tertiary/aromatic N) is 1.